The van der Waals surface area contributed by atoms with Gasteiger partial charge in [0.25, 0.3) is 5.91 Å². The maximum Gasteiger partial charge on any atom is 0.409 e. The van der Waals surface area contributed by atoms with Gasteiger partial charge in [0, 0.05) is 35.1 Å². The highest BCUT2D eigenvalue weighted by Gasteiger charge is 2.37. The van der Waals surface area contributed by atoms with Crippen LogP contribution in [0.5, 0.6) is 0 Å². The van der Waals surface area contributed by atoms with Crippen molar-refractivity contribution in [1.82, 2.24) is 9.62 Å². The van der Waals surface area contributed by atoms with Gasteiger partial charge in [-0.1, -0.05) is 36.4 Å². The van der Waals surface area contributed by atoms with Crippen LogP contribution in [0.25, 0.3) is 10.8 Å². The summed E-state index contributed by atoms with van der Waals surface area (Å²) in [4.78, 5) is 27.3. The first-order valence-electron chi connectivity index (χ1n) is 11.8. The number of nitrogens with one attached hydrogen (secondary N) is 2. The van der Waals surface area contributed by atoms with Gasteiger partial charge in [0.1, 0.15) is 0 Å². The molecular weight excluding hydrogens is 462 g/mol. The van der Waals surface area contributed by atoms with Crippen molar-refractivity contribution in [3.05, 3.63) is 71.8 Å². The van der Waals surface area contributed by atoms with E-state index in [0.717, 1.165) is 16.3 Å². The zero-order valence-electron chi connectivity index (χ0n) is 20.3. The molecule has 1 fully saturated rings. The van der Waals surface area contributed by atoms with Gasteiger partial charge in [-0.2, -0.15) is 0 Å². The van der Waals surface area contributed by atoms with E-state index in [1.807, 2.05) is 56.3 Å². The number of aryl methyl sites for hydroxylation is 1. The second-order valence-corrected chi connectivity index (χ2v) is 10.2. The number of anilines is 1. The van der Waals surface area contributed by atoms with Gasteiger partial charge < -0.3 is 19.5 Å². The number of likely N-dealkylation sites (tertiary alicyclic amines) is 1. The Kier molecular flexibility index (Phi) is 7.64. The van der Waals surface area contributed by atoms with Crippen LogP contribution in [0.15, 0.2) is 65.6 Å². The maximum atomic E-state index is 13.5. The minimum Gasteiger partial charge on any atom is -0.593 e. The van der Waals surface area contributed by atoms with Crippen LogP contribution < -0.4 is 10.0 Å². The molecule has 1 aliphatic rings. The highest BCUT2D eigenvalue weighted by atomic mass is 32.2. The predicted octanol–water partition coefficient (Wildman–Crippen LogP) is 5.02. The molecule has 184 valence electrons. The van der Waals surface area contributed by atoms with Crippen molar-refractivity contribution in [3.8, 4) is 0 Å². The summed E-state index contributed by atoms with van der Waals surface area (Å²) >= 11 is -1.48. The molecule has 7 nitrogen and oxygen atoms in total. The molecular formula is C27H31N3O4S. The van der Waals surface area contributed by atoms with E-state index < -0.39 is 11.4 Å². The highest BCUT2D eigenvalue weighted by molar-refractivity contribution is 7.89. The Balaban J connectivity index is 1.52. The third-order valence-corrected chi connectivity index (χ3v) is 7.89. The van der Waals surface area contributed by atoms with E-state index in [2.05, 4.69) is 10.0 Å². The van der Waals surface area contributed by atoms with Crippen molar-refractivity contribution in [3.63, 3.8) is 0 Å². The predicted molar refractivity (Wildman–Crippen MR) is 139 cm³/mol. The van der Waals surface area contributed by atoms with Gasteiger partial charge in [0.15, 0.2) is 4.90 Å². The number of ether oxygens (including phenoxy) is 1. The van der Waals surface area contributed by atoms with E-state index in [4.69, 9.17) is 4.74 Å². The second kappa shape index (κ2) is 10.7. The zero-order valence-corrected chi connectivity index (χ0v) is 21.1. The lowest BCUT2D eigenvalue weighted by atomic mass is 9.91. The summed E-state index contributed by atoms with van der Waals surface area (Å²) < 4.78 is 21.8. The molecule has 0 bridgehead atoms. The van der Waals surface area contributed by atoms with Crippen LogP contribution in [0, 0.1) is 6.92 Å². The van der Waals surface area contributed by atoms with Gasteiger partial charge in [0.2, 0.25) is 0 Å². The third kappa shape index (κ3) is 5.61. The average Bonchev–Trinajstić information content (AvgIpc) is 2.84. The summed E-state index contributed by atoms with van der Waals surface area (Å²) in [6, 6.07) is 18.7. The summed E-state index contributed by atoms with van der Waals surface area (Å²) in [7, 11) is 0. The topological polar surface area (TPSA) is 93.7 Å². The molecule has 1 aliphatic heterocycles. The van der Waals surface area contributed by atoms with Crippen molar-refractivity contribution < 1.29 is 18.9 Å². The quantitative estimate of drug-likeness (QED) is 0.470. The van der Waals surface area contributed by atoms with E-state index in [0.29, 0.717) is 48.7 Å². The molecule has 0 spiro atoms. The minimum absolute atomic E-state index is 0.180. The third-order valence-electron chi connectivity index (χ3n) is 6.45. The molecule has 0 aliphatic carbocycles. The number of fused-ring (bicyclic) bond motifs is 1. The second-order valence-electron chi connectivity index (χ2n) is 9.04. The molecule has 35 heavy (non-hydrogen) atoms. The molecule has 2 amide bonds. The standard InChI is InChI=1S/C27H31N3O4S/c1-4-34-26(32)30-17-15-27(3,16-18-30)29-35(33)24-14-13-23(21-11-7-8-12-22(21)24)28-25(31)20-10-6-5-9-19(20)2/h5-14,29H,4,15-18H2,1-3H3,(H,28,31). The number of amides is 2. The van der Waals surface area contributed by atoms with Crippen LogP contribution in [-0.4, -0.2) is 46.7 Å². The van der Waals surface area contributed by atoms with Gasteiger partial charge in [0.05, 0.1) is 23.5 Å². The fourth-order valence-electron chi connectivity index (χ4n) is 4.34. The van der Waals surface area contributed by atoms with Gasteiger partial charge in [-0.05, 0) is 63.4 Å². The molecule has 0 saturated carbocycles. The molecule has 0 aromatic heterocycles. The SMILES string of the molecule is CCOC(=O)N1CCC(C)(N[S+]([O-])c2ccc(NC(=O)c3ccccc3C)c3ccccc23)CC1. The lowest BCUT2D eigenvalue weighted by Gasteiger charge is -2.38. The van der Waals surface area contributed by atoms with E-state index in [1.54, 1.807) is 30.0 Å². The van der Waals surface area contributed by atoms with Crippen molar-refractivity contribution in [2.75, 3.05) is 25.0 Å². The minimum atomic E-state index is -1.48. The molecule has 1 atom stereocenters. The van der Waals surface area contributed by atoms with E-state index >= 15 is 0 Å². The number of carbonyl (C=O) groups excluding carboxylic acids is 2. The molecule has 4 rings (SSSR count). The maximum absolute atomic E-state index is 13.5. The molecule has 1 unspecified atom stereocenters. The Morgan fingerprint density at radius 2 is 1.69 bits per heavy atom. The number of carbonyl (C=O) groups is 2. The largest absolute Gasteiger partial charge is 0.593 e. The number of benzene rings is 3. The normalized spacial score (nSPS) is 16.1. The Bertz CT molecular complexity index is 1220. The molecule has 1 saturated heterocycles. The van der Waals surface area contributed by atoms with Crippen LogP contribution in [0.1, 0.15) is 42.6 Å². The van der Waals surface area contributed by atoms with Crippen molar-refractivity contribution in [2.24, 2.45) is 0 Å². The van der Waals surface area contributed by atoms with Crippen LogP contribution in [0.3, 0.4) is 0 Å². The van der Waals surface area contributed by atoms with E-state index in [-0.39, 0.29) is 17.5 Å². The lowest BCUT2D eigenvalue weighted by Crippen LogP contribution is -2.54. The fourth-order valence-corrected chi connectivity index (χ4v) is 5.67. The fraction of sp³-hybridized carbons (Fsp3) is 0.333. The van der Waals surface area contributed by atoms with Crippen LogP contribution in [-0.2, 0) is 16.1 Å². The number of hydrogen-bond donors (Lipinski definition) is 2. The van der Waals surface area contributed by atoms with Crippen LogP contribution in [0.2, 0.25) is 0 Å². The zero-order chi connectivity index (χ0) is 25.0. The van der Waals surface area contributed by atoms with Crippen LogP contribution >= 0.6 is 0 Å². The highest BCUT2D eigenvalue weighted by Crippen LogP contribution is 2.32. The summed E-state index contributed by atoms with van der Waals surface area (Å²) in [6.07, 6.45) is 1.03. The smallest absolute Gasteiger partial charge is 0.409 e. The molecule has 8 heteroatoms. The Labute approximate surface area is 209 Å². The molecule has 1 heterocycles. The Morgan fingerprint density at radius 3 is 2.37 bits per heavy atom. The summed E-state index contributed by atoms with van der Waals surface area (Å²) in [5, 5.41) is 4.65. The number of nitrogens with zero attached hydrogens (tertiary/aromatic N) is 1. The monoisotopic (exact) mass is 493 g/mol. The first kappa shape index (κ1) is 25.0. The average molecular weight is 494 g/mol. The van der Waals surface area contributed by atoms with Crippen LogP contribution in [0.4, 0.5) is 10.5 Å². The van der Waals surface area contributed by atoms with E-state index in [1.165, 1.54) is 0 Å². The summed E-state index contributed by atoms with van der Waals surface area (Å²) in [5.41, 5.74) is 1.81. The molecule has 3 aromatic rings. The summed E-state index contributed by atoms with van der Waals surface area (Å²) in [5.74, 6) is -0.180. The Hall–Kier alpha value is -3.07. The van der Waals surface area contributed by atoms with Crippen molar-refractivity contribution >= 4 is 39.8 Å². The summed E-state index contributed by atoms with van der Waals surface area (Å²) in [6.45, 7) is 7.17. The molecule has 3 aromatic carbocycles. The van der Waals surface area contributed by atoms with Gasteiger partial charge in [-0.3, -0.25) is 4.79 Å². The first-order chi connectivity index (χ1) is 16.8. The Morgan fingerprint density at radius 1 is 1.03 bits per heavy atom. The number of hydrogen-bond acceptors (Lipinski definition) is 5. The van der Waals surface area contributed by atoms with Crippen molar-refractivity contribution in [1.29, 1.82) is 0 Å². The van der Waals surface area contributed by atoms with E-state index in [9.17, 15) is 14.1 Å². The molecule has 2 N–H and O–H groups in total. The lowest BCUT2D eigenvalue weighted by molar-refractivity contribution is 0.0873. The first-order valence-corrected chi connectivity index (χ1v) is 13.0. The van der Waals surface area contributed by atoms with Gasteiger partial charge >= 0.3 is 6.09 Å². The van der Waals surface area contributed by atoms with Gasteiger partial charge in [-0.15, -0.1) is 4.72 Å². The number of rotatable bonds is 6. The van der Waals surface area contributed by atoms with Crippen molar-refractivity contribution in [2.45, 2.75) is 44.0 Å². The number of piperidine rings is 1. The molecule has 0 radical (unpaired) electrons. The van der Waals surface area contributed by atoms with Gasteiger partial charge in [-0.25, -0.2) is 4.79 Å².